The van der Waals surface area contributed by atoms with Gasteiger partial charge in [0.05, 0.1) is 21.3 Å². The van der Waals surface area contributed by atoms with Crippen molar-refractivity contribution in [2.45, 2.75) is 31.3 Å². The summed E-state index contributed by atoms with van der Waals surface area (Å²) >= 11 is 0. The van der Waals surface area contributed by atoms with Gasteiger partial charge in [-0.2, -0.15) is 0 Å². The maximum atomic E-state index is 6.55. The number of hydrogen-bond acceptors (Lipinski definition) is 4. The van der Waals surface area contributed by atoms with E-state index in [1.54, 1.807) is 21.3 Å². The zero-order valence-corrected chi connectivity index (χ0v) is 18.1. The Morgan fingerprint density at radius 1 is 0.733 bits per heavy atom. The largest absolute Gasteiger partial charge is 0.497 e. The Bertz CT molecular complexity index is 1030. The van der Waals surface area contributed by atoms with Crippen LogP contribution in [0.1, 0.15) is 42.4 Å². The van der Waals surface area contributed by atoms with Crippen LogP contribution in [-0.2, 0) is 0 Å². The molecular weight excluding hydrogens is 376 g/mol. The lowest BCUT2D eigenvalue weighted by Crippen LogP contribution is -2.43. The highest BCUT2D eigenvalue weighted by Gasteiger charge is 2.46. The summed E-state index contributed by atoms with van der Waals surface area (Å²) in [4.78, 5) is 0. The number of benzene rings is 3. The normalized spacial score (nSPS) is 19.4. The zero-order chi connectivity index (χ0) is 21.3. The summed E-state index contributed by atoms with van der Waals surface area (Å²) in [5.74, 6) is 3.32. The predicted molar refractivity (Wildman–Crippen MR) is 118 cm³/mol. The molecule has 0 fully saturated rings. The molecule has 156 valence electrons. The molecule has 0 radical (unpaired) electrons. The molecule has 3 aromatic rings. The minimum atomic E-state index is -0.448. The van der Waals surface area contributed by atoms with Crippen molar-refractivity contribution in [2.24, 2.45) is 0 Å². The standard InChI is InChI=1S/C26H28O4/c1-26(2)25(17-9-7-6-8-10-17)24(20-13-11-18(27-3)15-22(20)29-5)21-14-12-19(28-4)16-23(21)30-26/h6-16,24-25H,1-5H3. The SMILES string of the molecule is COc1ccc(C2c3ccc(OC)cc3OC(C)(C)C2c2ccccc2)c(OC)c1. The summed E-state index contributed by atoms with van der Waals surface area (Å²) < 4.78 is 23.2. The lowest BCUT2D eigenvalue weighted by atomic mass is 9.68. The number of rotatable bonds is 5. The Morgan fingerprint density at radius 3 is 2.00 bits per heavy atom. The van der Waals surface area contributed by atoms with E-state index in [4.69, 9.17) is 18.9 Å². The minimum absolute atomic E-state index is 0.0397. The van der Waals surface area contributed by atoms with Gasteiger partial charge in [0.15, 0.2) is 0 Å². The van der Waals surface area contributed by atoms with Crippen LogP contribution in [-0.4, -0.2) is 26.9 Å². The van der Waals surface area contributed by atoms with E-state index >= 15 is 0 Å². The van der Waals surface area contributed by atoms with Crippen LogP contribution in [0.3, 0.4) is 0 Å². The predicted octanol–water partition coefficient (Wildman–Crippen LogP) is 5.80. The molecule has 0 saturated carbocycles. The van der Waals surface area contributed by atoms with Crippen molar-refractivity contribution in [3.05, 3.63) is 83.4 Å². The molecule has 4 rings (SSSR count). The summed E-state index contributed by atoms with van der Waals surface area (Å²) in [5.41, 5.74) is 3.00. The molecular formula is C26H28O4. The van der Waals surface area contributed by atoms with Crippen LogP contribution in [0, 0.1) is 0 Å². The van der Waals surface area contributed by atoms with Crippen LogP contribution in [0.5, 0.6) is 23.0 Å². The lowest BCUT2D eigenvalue weighted by Gasteiger charge is -2.46. The molecule has 4 nitrogen and oxygen atoms in total. The van der Waals surface area contributed by atoms with Gasteiger partial charge in [0.25, 0.3) is 0 Å². The van der Waals surface area contributed by atoms with Crippen molar-refractivity contribution >= 4 is 0 Å². The second-order valence-electron chi connectivity index (χ2n) is 8.08. The quantitative estimate of drug-likeness (QED) is 0.539. The average Bonchev–Trinajstić information content (AvgIpc) is 2.77. The zero-order valence-electron chi connectivity index (χ0n) is 18.1. The van der Waals surface area contributed by atoms with Crippen molar-refractivity contribution in [3.8, 4) is 23.0 Å². The molecule has 4 heteroatoms. The van der Waals surface area contributed by atoms with E-state index < -0.39 is 5.60 Å². The van der Waals surface area contributed by atoms with Gasteiger partial charge in [0.2, 0.25) is 0 Å². The summed E-state index contributed by atoms with van der Waals surface area (Å²) in [7, 11) is 5.04. The molecule has 0 bridgehead atoms. The second-order valence-corrected chi connectivity index (χ2v) is 8.08. The third-order valence-electron chi connectivity index (χ3n) is 5.95. The fourth-order valence-corrected chi connectivity index (χ4v) is 4.59. The maximum absolute atomic E-state index is 6.55. The summed E-state index contributed by atoms with van der Waals surface area (Å²) in [6, 6.07) is 22.7. The van der Waals surface area contributed by atoms with Gasteiger partial charge in [-0.25, -0.2) is 0 Å². The van der Waals surface area contributed by atoms with Crippen molar-refractivity contribution in [1.29, 1.82) is 0 Å². The lowest BCUT2D eigenvalue weighted by molar-refractivity contribution is 0.0524. The molecule has 0 aliphatic carbocycles. The van der Waals surface area contributed by atoms with E-state index in [0.717, 1.165) is 34.1 Å². The number of hydrogen-bond donors (Lipinski definition) is 0. The Balaban J connectivity index is 1.98. The number of fused-ring (bicyclic) bond motifs is 1. The van der Waals surface area contributed by atoms with E-state index in [9.17, 15) is 0 Å². The first-order valence-electron chi connectivity index (χ1n) is 10.1. The molecule has 0 spiro atoms. The fraction of sp³-hybridized carbons (Fsp3) is 0.308. The van der Waals surface area contributed by atoms with Gasteiger partial charge >= 0.3 is 0 Å². The average molecular weight is 405 g/mol. The van der Waals surface area contributed by atoms with Gasteiger partial charge in [-0.1, -0.05) is 42.5 Å². The van der Waals surface area contributed by atoms with Gasteiger partial charge in [-0.3, -0.25) is 0 Å². The molecule has 0 N–H and O–H groups in total. The monoisotopic (exact) mass is 404 g/mol. The van der Waals surface area contributed by atoms with Crippen LogP contribution in [0.15, 0.2) is 66.7 Å². The molecule has 1 aliphatic rings. The molecule has 3 aromatic carbocycles. The first-order chi connectivity index (χ1) is 14.5. The Kier molecular flexibility index (Phi) is 5.33. The molecule has 0 aromatic heterocycles. The third kappa shape index (κ3) is 3.47. The van der Waals surface area contributed by atoms with Gasteiger partial charge in [-0.15, -0.1) is 0 Å². The Labute approximate surface area is 178 Å². The van der Waals surface area contributed by atoms with E-state index in [-0.39, 0.29) is 11.8 Å². The molecule has 0 amide bonds. The second kappa shape index (κ2) is 7.94. The third-order valence-corrected chi connectivity index (χ3v) is 5.95. The Hall–Kier alpha value is -3.14. The highest BCUT2D eigenvalue weighted by molar-refractivity contribution is 5.56. The molecule has 2 unspecified atom stereocenters. The summed E-state index contributed by atoms with van der Waals surface area (Å²) in [6.45, 7) is 4.30. The molecule has 0 saturated heterocycles. The van der Waals surface area contributed by atoms with Gasteiger partial charge < -0.3 is 18.9 Å². The van der Waals surface area contributed by atoms with Gasteiger partial charge in [0, 0.05) is 35.1 Å². The van der Waals surface area contributed by atoms with Crippen molar-refractivity contribution in [2.75, 3.05) is 21.3 Å². The van der Waals surface area contributed by atoms with Crippen LogP contribution < -0.4 is 18.9 Å². The number of ether oxygens (including phenoxy) is 4. The van der Waals surface area contributed by atoms with E-state index in [2.05, 4.69) is 50.2 Å². The van der Waals surface area contributed by atoms with E-state index in [0.29, 0.717) is 0 Å². The van der Waals surface area contributed by atoms with Crippen LogP contribution in [0.25, 0.3) is 0 Å². The van der Waals surface area contributed by atoms with Crippen LogP contribution in [0.2, 0.25) is 0 Å². The van der Waals surface area contributed by atoms with E-state index in [1.165, 1.54) is 5.56 Å². The molecule has 30 heavy (non-hydrogen) atoms. The van der Waals surface area contributed by atoms with E-state index in [1.807, 2.05) is 30.3 Å². The van der Waals surface area contributed by atoms with Crippen molar-refractivity contribution in [3.63, 3.8) is 0 Å². The summed E-state index contributed by atoms with van der Waals surface area (Å²) in [5, 5.41) is 0. The van der Waals surface area contributed by atoms with Crippen molar-refractivity contribution in [1.82, 2.24) is 0 Å². The molecule has 1 aliphatic heterocycles. The fourth-order valence-electron chi connectivity index (χ4n) is 4.59. The molecule has 1 heterocycles. The highest BCUT2D eigenvalue weighted by atomic mass is 16.5. The topological polar surface area (TPSA) is 36.9 Å². The summed E-state index contributed by atoms with van der Waals surface area (Å²) in [6.07, 6.45) is 0. The van der Waals surface area contributed by atoms with Crippen LogP contribution in [0.4, 0.5) is 0 Å². The molecule has 2 atom stereocenters. The number of methoxy groups -OCH3 is 3. The Morgan fingerprint density at radius 2 is 1.37 bits per heavy atom. The van der Waals surface area contributed by atoms with Crippen LogP contribution >= 0.6 is 0 Å². The smallest absolute Gasteiger partial charge is 0.127 e. The minimum Gasteiger partial charge on any atom is -0.497 e. The van der Waals surface area contributed by atoms with Gasteiger partial charge in [0.1, 0.15) is 28.6 Å². The first kappa shape index (κ1) is 20.1. The first-order valence-corrected chi connectivity index (χ1v) is 10.1. The van der Waals surface area contributed by atoms with Crippen molar-refractivity contribution < 1.29 is 18.9 Å². The maximum Gasteiger partial charge on any atom is 0.127 e. The van der Waals surface area contributed by atoms with Gasteiger partial charge in [-0.05, 0) is 31.5 Å². The highest BCUT2D eigenvalue weighted by Crippen LogP contribution is 2.55.